The van der Waals surface area contributed by atoms with Crippen molar-refractivity contribution in [3.05, 3.63) is 24.3 Å². The van der Waals surface area contributed by atoms with E-state index in [0.29, 0.717) is 12.5 Å². The minimum absolute atomic E-state index is 0.0435. The Bertz CT molecular complexity index is 636. The van der Waals surface area contributed by atoms with E-state index in [1.54, 1.807) is 0 Å². The summed E-state index contributed by atoms with van der Waals surface area (Å²) in [6.45, 7) is 11.2. The van der Waals surface area contributed by atoms with E-state index in [1.165, 1.54) is 25.9 Å². The van der Waals surface area contributed by atoms with Crippen LogP contribution < -0.4 is 10.1 Å². The van der Waals surface area contributed by atoms with Crippen molar-refractivity contribution >= 4 is 11.6 Å². The molecule has 5 heteroatoms. The topological polar surface area (TPSA) is 50.8 Å². The highest BCUT2D eigenvalue weighted by Crippen LogP contribution is 2.42. The minimum Gasteiger partial charge on any atom is -0.494 e. The number of benzene rings is 1. The third-order valence-electron chi connectivity index (χ3n) is 6.29. The molecular formula is C24H38N2O3. The van der Waals surface area contributed by atoms with E-state index in [1.807, 2.05) is 31.2 Å². The molecule has 2 fully saturated rings. The first-order valence-electron chi connectivity index (χ1n) is 11.4. The van der Waals surface area contributed by atoms with Gasteiger partial charge in [-0.15, -0.1) is 0 Å². The van der Waals surface area contributed by atoms with Gasteiger partial charge in [0.25, 0.3) is 5.91 Å². The van der Waals surface area contributed by atoms with Crippen molar-refractivity contribution in [2.24, 2.45) is 11.8 Å². The fourth-order valence-electron chi connectivity index (χ4n) is 3.97. The minimum atomic E-state index is -0.725. The van der Waals surface area contributed by atoms with Crippen LogP contribution in [0.15, 0.2) is 24.3 Å². The van der Waals surface area contributed by atoms with E-state index in [9.17, 15) is 4.79 Å². The molecule has 0 unspecified atom stereocenters. The Labute approximate surface area is 176 Å². The molecular weight excluding hydrogens is 364 g/mol. The zero-order valence-electron chi connectivity index (χ0n) is 18.4. The van der Waals surface area contributed by atoms with E-state index < -0.39 is 5.60 Å². The summed E-state index contributed by atoms with van der Waals surface area (Å²) in [5.41, 5.74) is 0.0639. The van der Waals surface area contributed by atoms with Gasteiger partial charge in [-0.2, -0.15) is 0 Å². The van der Waals surface area contributed by atoms with Crippen molar-refractivity contribution in [2.45, 2.75) is 64.9 Å². The van der Waals surface area contributed by atoms with Gasteiger partial charge in [0.15, 0.2) is 0 Å². The Hall–Kier alpha value is -1.59. The molecule has 1 amide bonds. The van der Waals surface area contributed by atoms with Crippen molar-refractivity contribution in [1.82, 2.24) is 4.90 Å². The molecule has 29 heavy (non-hydrogen) atoms. The second kappa shape index (κ2) is 10.4. The molecule has 1 saturated heterocycles. The summed E-state index contributed by atoms with van der Waals surface area (Å²) in [4.78, 5) is 15.4. The Morgan fingerprint density at radius 1 is 1.14 bits per heavy atom. The average molecular weight is 403 g/mol. The van der Waals surface area contributed by atoms with Crippen molar-refractivity contribution in [3.8, 4) is 5.75 Å². The number of hydrogen-bond donors (Lipinski definition) is 1. The zero-order chi connectivity index (χ0) is 20.7. The van der Waals surface area contributed by atoms with Gasteiger partial charge in [-0.05, 0) is 94.6 Å². The molecule has 0 spiro atoms. The van der Waals surface area contributed by atoms with Gasteiger partial charge in [0.2, 0.25) is 0 Å². The number of nitrogens with one attached hydrogen (secondary N) is 1. The number of carbonyl (C=O) groups excluding carboxylic acids is 1. The molecule has 0 radical (unpaired) electrons. The molecule has 5 nitrogen and oxygen atoms in total. The number of rotatable bonds is 11. The zero-order valence-corrected chi connectivity index (χ0v) is 18.4. The average Bonchev–Trinajstić information content (AvgIpc) is 3.58. The standard InChI is InChI=1S/C24H38N2O3/c1-4-17-29-24(3,20-6-7-20)23(27)25-21-8-10-22(11-9-21)28-18-5-14-26-15-12-19(2)13-16-26/h8-11,19-20H,4-7,12-18H2,1-3H3,(H,25,27)/t24-/m0/s1. The SMILES string of the molecule is CCCO[C@](C)(C(=O)Nc1ccc(OCCCN2CCC(C)CC2)cc1)C1CC1. The van der Waals surface area contributed by atoms with Crippen LogP contribution in [0.4, 0.5) is 5.69 Å². The Morgan fingerprint density at radius 3 is 2.45 bits per heavy atom. The van der Waals surface area contributed by atoms with Crippen LogP contribution in [-0.4, -0.2) is 49.3 Å². The summed E-state index contributed by atoms with van der Waals surface area (Å²) >= 11 is 0. The van der Waals surface area contributed by atoms with Crippen molar-refractivity contribution in [1.29, 1.82) is 0 Å². The van der Waals surface area contributed by atoms with Crippen LogP contribution in [0.2, 0.25) is 0 Å². The van der Waals surface area contributed by atoms with E-state index in [4.69, 9.17) is 9.47 Å². The smallest absolute Gasteiger partial charge is 0.256 e. The monoisotopic (exact) mass is 402 g/mol. The van der Waals surface area contributed by atoms with Gasteiger partial charge >= 0.3 is 0 Å². The number of anilines is 1. The number of hydrogen-bond acceptors (Lipinski definition) is 4. The van der Waals surface area contributed by atoms with E-state index in [-0.39, 0.29) is 5.91 Å². The summed E-state index contributed by atoms with van der Waals surface area (Å²) in [5, 5.41) is 3.03. The summed E-state index contributed by atoms with van der Waals surface area (Å²) < 4.78 is 11.8. The maximum atomic E-state index is 12.8. The predicted octanol–water partition coefficient (Wildman–Crippen LogP) is 4.72. The number of nitrogens with zero attached hydrogens (tertiary/aromatic N) is 1. The Morgan fingerprint density at radius 2 is 1.83 bits per heavy atom. The van der Waals surface area contributed by atoms with E-state index in [2.05, 4.69) is 24.1 Å². The number of carbonyl (C=O) groups is 1. The molecule has 1 heterocycles. The van der Waals surface area contributed by atoms with Crippen LogP contribution in [0.1, 0.15) is 59.3 Å². The highest BCUT2D eigenvalue weighted by atomic mass is 16.5. The molecule has 1 saturated carbocycles. The molecule has 0 aromatic heterocycles. The number of piperidine rings is 1. The molecule has 1 aliphatic carbocycles. The molecule has 2 aliphatic rings. The van der Waals surface area contributed by atoms with Gasteiger partial charge in [0.05, 0.1) is 6.61 Å². The first kappa shape index (κ1) is 22.1. The summed E-state index contributed by atoms with van der Waals surface area (Å²) in [6, 6.07) is 7.68. The summed E-state index contributed by atoms with van der Waals surface area (Å²) in [7, 11) is 0. The molecule has 162 valence electrons. The van der Waals surface area contributed by atoms with E-state index in [0.717, 1.165) is 56.2 Å². The molecule has 1 aromatic carbocycles. The van der Waals surface area contributed by atoms with Gasteiger partial charge in [-0.25, -0.2) is 0 Å². The normalized spacial score (nSPS) is 20.2. The predicted molar refractivity (Wildman–Crippen MR) is 117 cm³/mol. The van der Waals surface area contributed by atoms with Crippen LogP contribution in [0, 0.1) is 11.8 Å². The fraction of sp³-hybridized carbons (Fsp3) is 0.708. The van der Waals surface area contributed by atoms with Crippen LogP contribution in [-0.2, 0) is 9.53 Å². The van der Waals surface area contributed by atoms with Gasteiger partial charge in [0.1, 0.15) is 11.4 Å². The maximum absolute atomic E-state index is 12.8. The van der Waals surface area contributed by atoms with Crippen molar-refractivity contribution in [2.75, 3.05) is 38.2 Å². The van der Waals surface area contributed by atoms with Crippen LogP contribution in [0.3, 0.4) is 0 Å². The number of amides is 1. The quantitative estimate of drug-likeness (QED) is 0.544. The van der Waals surface area contributed by atoms with Crippen molar-refractivity contribution < 1.29 is 14.3 Å². The third kappa shape index (κ3) is 6.45. The summed E-state index contributed by atoms with van der Waals surface area (Å²) in [5.74, 6) is 2.02. The highest BCUT2D eigenvalue weighted by Gasteiger charge is 2.48. The highest BCUT2D eigenvalue weighted by molar-refractivity contribution is 5.97. The van der Waals surface area contributed by atoms with Crippen molar-refractivity contribution in [3.63, 3.8) is 0 Å². The second-order valence-electron chi connectivity index (χ2n) is 8.93. The van der Waals surface area contributed by atoms with Gasteiger partial charge < -0.3 is 19.7 Å². The number of ether oxygens (including phenoxy) is 2. The third-order valence-corrected chi connectivity index (χ3v) is 6.29. The van der Waals surface area contributed by atoms with E-state index >= 15 is 0 Å². The second-order valence-corrected chi connectivity index (χ2v) is 8.93. The lowest BCUT2D eigenvalue weighted by atomic mass is 9.98. The first-order chi connectivity index (χ1) is 14.0. The van der Waals surface area contributed by atoms with Crippen LogP contribution >= 0.6 is 0 Å². The lowest BCUT2D eigenvalue weighted by Crippen LogP contribution is -2.45. The molecule has 1 atom stereocenters. The fourth-order valence-corrected chi connectivity index (χ4v) is 3.97. The summed E-state index contributed by atoms with van der Waals surface area (Å²) in [6.07, 6.45) is 6.72. The molecule has 0 bridgehead atoms. The Kier molecular flexibility index (Phi) is 7.96. The van der Waals surface area contributed by atoms with Crippen LogP contribution in [0.25, 0.3) is 0 Å². The van der Waals surface area contributed by atoms with Gasteiger partial charge in [-0.3, -0.25) is 4.79 Å². The molecule has 1 N–H and O–H groups in total. The molecule has 1 aliphatic heterocycles. The molecule has 1 aromatic rings. The maximum Gasteiger partial charge on any atom is 0.256 e. The van der Waals surface area contributed by atoms with Crippen LogP contribution in [0.5, 0.6) is 5.75 Å². The largest absolute Gasteiger partial charge is 0.494 e. The van der Waals surface area contributed by atoms with Gasteiger partial charge in [0, 0.05) is 18.8 Å². The van der Waals surface area contributed by atoms with Gasteiger partial charge in [-0.1, -0.05) is 13.8 Å². The first-order valence-corrected chi connectivity index (χ1v) is 11.4. The number of likely N-dealkylation sites (tertiary alicyclic amines) is 1. The molecule has 3 rings (SSSR count). The lowest BCUT2D eigenvalue weighted by Gasteiger charge is -2.30. The Balaban J connectivity index is 1.40. The lowest BCUT2D eigenvalue weighted by molar-refractivity contribution is -0.142.